The molecule has 0 unspecified atom stereocenters. The molecule has 0 spiro atoms. The molecule has 0 bridgehead atoms. The first kappa shape index (κ1) is 53.8. The number of nitrogens with one attached hydrogen (secondary N) is 2. The standard InChI is InChI=1S/2C20H19F6N2O5P/c1-12(13-7-15(19(21,22)23)9-16(8-13)20(24,25)26)33-11-18(14-5-3-2-4-6-14)10-28(17(29)27-18)34(30,31)32;1-12(13-7-15(19(21,22)23)9-16(8-13)20(24,25)26)33-11-18(14-5-3-2-4-6-14)10-27-17(29)28(18)34(30,31)32/h2*2-9,12H,10-11H2,1H3,(H,27,29)(H2,30,31,32)/t2*12-,18+/m00/s1. The van der Waals surface area contributed by atoms with Crippen LogP contribution in [0.15, 0.2) is 97.1 Å². The maximum absolute atomic E-state index is 13.2. The van der Waals surface area contributed by atoms with Crippen molar-refractivity contribution in [1.29, 1.82) is 0 Å². The van der Waals surface area contributed by atoms with E-state index in [-0.39, 0.29) is 33.6 Å². The van der Waals surface area contributed by atoms with Gasteiger partial charge in [-0.15, -0.1) is 0 Å². The van der Waals surface area contributed by atoms with Crippen molar-refractivity contribution in [2.75, 3.05) is 26.3 Å². The average molecular weight is 1020 g/mol. The topological polar surface area (TPSA) is 198 Å². The number of ether oxygens (including phenoxy) is 2. The minimum Gasteiger partial charge on any atom is -0.371 e. The van der Waals surface area contributed by atoms with Gasteiger partial charge < -0.3 is 39.7 Å². The normalized spacial score (nSPS) is 20.4. The molecule has 0 aliphatic carbocycles. The maximum atomic E-state index is 13.2. The van der Waals surface area contributed by atoms with E-state index in [1.165, 1.54) is 50.2 Å². The van der Waals surface area contributed by atoms with Crippen LogP contribution in [0.3, 0.4) is 0 Å². The summed E-state index contributed by atoms with van der Waals surface area (Å²) in [5, 5.41) is 4.73. The van der Waals surface area contributed by atoms with E-state index < -0.39 is 129 Å². The second kappa shape index (κ2) is 19.3. The number of rotatable bonds is 12. The molecule has 6 N–H and O–H groups in total. The highest BCUT2D eigenvalue weighted by Crippen LogP contribution is 2.52. The monoisotopic (exact) mass is 1020 g/mol. The summed E-state index contributed by atoms with van der Waals surface area (Å²) in [5.74, 6) is 0. The number of alkyl halides is 12. The molecule has 2 heterocycles. The molecule has 0 radical (unpaired) electrons. The van der Waals surface area contributed by atoms with E-state index in [4.69, 9.17) is 9.47 Å². The van der Waals surface area contributed by atoms with Gasteiger partial charge >= 0.3 is 52.3 Å². The Morgan fingerprint density at radius 1 is 0.588 bits per heavy atom. The summed E-state index contributed by atoms with van der Waals surface area (Å²) >= 11 is 0. The minimum absolute atomic E-state index is 0.00319. The van der Waals surface area contributed by atoms with Crippen molar-refractivity contribution in [3.8, 4) is 0 Å². The van der Waals surface area contributed by atoms with Crippen LogP contribution in [0.1, 0.15) is 70.6 Å². The van der Waals surface area contributed by atoms with Crippen LogP contribution in [-0.4, -0.2) is 67.3 Å². The van der Waals surface area contributed by atoms with E-state index in [1.807, 2.05) is 0 Å². The van der Waals surface area contributed by atoms with Gasteiger partial charge in [0.25, 0.3) is 0 Å². The van der Waals surface area contributed by atoms with Crippen molar-refractivity contribution in [2.24, 2.45) is 0 Å². The van der Waals surface area contributed by atoms with Crippen LogP contribution in [0.5, 0.6) is 0 Å². The Kier molecular flexibility index (Phi) is 15.3. The maximum Gasteiger partial charge on any atom is 0.434 e. The fourth-order valence-electron chi connectivity index (χ4n) is 7.18. The Bertz CT molecular complexity index is 2490. The van der Waals surface area contributed by atoms with E-state index in [0.29, 0.717) is 29.8 Å². The average Bonchev–Trinajstić information content (AvgIpc) is 3.79. The third-order valence-corrected chi connectivity index (χ3v) is 12.7. The predicted molar refractivity (Wildman–Crippen MR) is 212 cm³/mol. The zero-order valence-electron chi connectivity index (χ0n) is 34.8. The summed E-state index contributed by atoms with van der Waals surface area (Å²) in [5.41, 5.74) is -9.63. The van der Waals surface area contributed by atoms with Gasteiger partial charge in [0.05, 0.1) is 54.2 Å². The van der Waals surface area contributed by atoms with Crippen LogP contribution >= 0.6 is 15.5 Å². The summed E-state index contributed by atoms with van der Waals surface area (Å²) in [6, 6.07) is 15.3. The van der Waals surface area contributed by atoms with Crippen LogP contribution in [0.25, 0.3) is 0 Å². The molecule has 4 atom stereocenters. The number of hydrogen-bond donors (Lipinski definition) is 6. The molecular weight excluding hydrogens is 986 g/mol. The van der Waals surface area contributed by atoms with Crippen molar-refractivity contribution in [3.05, 3.63) is 142 Å². The van der Waals surface area contributed by atoms with Crippen molar-refractivity contribution in [1.82, 2.24) is 20.0 Å². The molecule has 2 aliphatic rings. The molecule has 372 valence electrons. The SMILES string of the molecule is C[C@H](OC[C@@]1(c2ccccc2)CN(P(=O)(O)O)C(=O)N1)c1cc(C(F)(F)F)cc(C(F)(F)F)c1.C[C@H](OC[C@@]1(c2ccccc2)CNC(=O)N1P(=O)(O)O)c1cc(C(F)(F)F)cc(C(F)(F)F)c1. The summed E-state index contributed by atoms with van der Waals surface area (Å²) < 4.78 is 194. The lowest BCUT2D eigenvalue weighted by Crippen LogP contribution is -2.46. The first-order valence-corrected chi connectivity index (χ1v) is 22.4. The number of benzene rings is 4. The number of carbonyl (C=O) groups is 2. The zero-order chi connectivity index (χ0) is 51.1. The Hall–Kier alpha value is -5.20. The molecule has 28 heteroatoms. The fraction of sp³-hybridized carbons (Fsp3) is 0.350. The number of urea groups is 2. The van der Waals surface area contributed by atoms with Gasteiger partial charge in [-0.1, -0.05) is 60.7 Å². The molecule has 4 amide bonds. The second-order valence-electron chi connectivity index (χ2n) is 15.4. The molecule has 2 saturated heterocycles. The van der Waals surface area contributed by atoms with Gasteiger partial charge in [-0.2, -0.15) is 52.7 Å². The van der Waals surface area contributed by atoms with Gasteiger partial charge in [-0.25, -0.2) is 28.1 Å². The van der Waals surface area contributed by atoms with Crippen molar-refractivity contribution < 1.29 is 100 Å². The first-order chi connectivity index (χ1) is 31.1. The van der Waals surface area contributed by atoms with Crippen molar-refractivity contribution in [2.45, 2.75) is 61.8 Å². The van der Waals surface area contributed by atoms with Crippen LogP contribution < -0.4 is 10.6 Å². The summed E-state index contributed by atoms with van der Waals surface area (Å²) in [6.45, 7) is 0.400. The fourth-order valence-corrected chi connectivity index (χ4v) is 8.95. The Morgan fingerprint density at radius 3 is 1.32 bits per heavy atom. The van der Waals surface area contributed by atoms with Gasteiger partial charge in [-0.05, 0) is 72.5 Å². The van der Waals surface area contributed by atoms with Crippen molar-refractivity contribution in [3.63, 3.8) is 0 Å². The van der Waals surface area contributed by atoms with Crippen LogP contribution in [-0.2, 0) is 54.4 Å². The van der Waals surface area contributed by atoms with E-state index in [0.717, 1.165) is 0 Å². The lowest BCUT2D eigenvalue weighted by molar-refractivity contribution is -0.145. The minimum atomic E-state index is -5.20. The Morgan fingerprint density at radius 2 is 0.971 bits per heavy atom. The highest BCUT2D eigenvalue weighted by Gasteiger charge is 2.55. The third-order valence-electron chi connectivity index (χ3n) is 10.7. The van der Waals surface area contributed by atoms with Gasteiger partial charge in [0.2, 0.25) is 0 Å². The van der Waals surface area contributed by atoms with E-state index in [9.17, 15) is 91.0 Å². The molecular formula is C40H38F12N4O10P2. The molecule has 0 aromatic heterocycles. The number of hydrogen-bond acceptors (Lipinski definition) is 6. The van der Waals surface area contributed by atoms with Crippen LogP contribution in [0.2, 0.25) is 0 Å². The molecule has 4 aromatic rings. The van der Waals surface area contributed by atoms with Gasteiger partial charge in [0.15, 0.2) is 0 Å². The van der Waals surface area contributed by atoms with Gasteiger partial charge in [0, 0.05) is 6.54 Å². The molecule has 2 fully saturated rings. The molecule has 6 rings (SSSR count). The summed E-state index contributed by atoms with van der Waals surface area (Å²) in [4.78, 5) is 63.0. The van der Waals surface area contributed by atoms with E-state index >= 15 is 0 Å². The van der Waals surface area contributed by atoms with E-state index in [2.05, 4.69) is 10.6 Å². The molecule has 14 nitrogen and oxygen atoms in total. The molecule has 0 saturated carbocycles. The van der Waals surface area contributed by atoms with Crippen LogP contribution in [0.4, 0.5) is 62.3 Å². The molecule has 4 aromatic carbocycles. The first-order valence-electron chi connectivity index (χ1n) is 19.3. The van der Waals surface area contributed by atoms with Gasteiger partial charge in [-0.3, -0.25) is 0 Å². The van der Waals surface area contributed by atoms with Gasteiger partial charge in [0.1, 0.15) is 11.1 Å². The summed E-state index contributed by atoms with van der Waals surface area (Å²) in [7, 11) is -10.2. The number of halogens is 12. The molecule has 2 aliphatic heterocycles. The summed E-state index contributed by atoms with van der Waals surface area (Å²) in [6.07, 6.45) is -22.8. The van der Waals surface area contributed by atoms with Crippen LogP contribution in [0, 0.1) is 0 Å². The third kappa shape index (κ3) is 12.3. The molecule has 68 heavy (non-hydrogen) atoms. The smallest absolute Gasteiger partial charge is 0.371 e. The number of amides is 4. The zero-order valence-corrected chi connectivity index (χ0v) is 36.6. The Labute approximate surface area is 377 Å². The number of nitrogens with zero attached hydrogens (tertiary/aromatic N) is 2. The quantitative estimate of drug-likeness (QED) is 0.0587. The largest absolute Gasteiger partial charge is 0.434 e. The predicted octanol–water partition coefficient (Wildman–Crippen LogP) is 9.63. The van der Waals surface area contributed by atoms with E-state index in [1.54, 1.807) is 24.3 Å². The number of carbonyl (C=O) groups excluding carboxylic acids is 2. The van der Waals surface area contributed by atoms with Crippen molar-refractivity contribution >= 4 is 27.6 Å². The highest BCUT2D eigenvalue weighted by molar-refractivity contribution is 7.50. The lowest BCUT2D eigenvalue weighted by Gasteiger charge is -2.37. The highest BCUT2D eigenvalue weighted by atomic mass is 31.2. The second-order valence-corrected chi connectivity index (χ2v) is 18.4. The lowest BCUT2D eigenvalue weighted by atomic mass is 9.91. The Balaban J connectivity index is 0.000000254.